The third-order valence-corrected chi connectivity index (χ3v) is 4.33. The Kier molecular flexibility index (Phi) is 4.80. The molecule has 6 heteroatoms. The van der Waals surface area contributed by atoms with Crippen LogP contribution >= 0.6 is 0 Å². The lowest BCUT2D eigenvalue weighted by Gasteiger charge is -2.39. The first kappa shape index (κ1) is 15.1. The van der Waals surface area contributed by atoms with E-state index in [0.29, 0.717) is 38.0 Å². The molecule has 0 aromatic carbocycles. The summed E-state index contributed by atoms with van der Waals surface area (Å²) in [7, 11) is 0. The number of fused-ring (bicyclic) bond motifs is 1. The number of carbonyl (C=O) groups excluding carboxylic acids is 1. The Hall–Kier alpha value is -1.79. The van der Waals surface area contributed by atoms with Crippen molar-refractivity contribution < 1.29 is 14.3 Å². The zero-order valence-electron chi connectivity index (χ0n) is 12.6. The highest BCUT2D eigenvalue weighted by molar-refractivity contribution is 5.92. The van der Waals surface area contributed by atoms with Crippen LogP contribution < -0.4 is 0 Å². The molecule has 0 bridgehead atoms. The van der Waals surface area contributed by atoms with Crippen molar-refractivity contribution in [1.82, 2.24) is 14.9 Å². The lowest BCUT2D eigenvalue weighted by Crippen LogP contribution is -2.53. The Balaban J connectivity index is 1.67. The molecule has 3 rings (SSSR count). The zero-order chi connectivity index (χ0) is 15.4. The van der Waals surface area contributed by atoms with E-state index in [1.54, 1.807) is 18.5 Å². The normalized spacial score (nSPS) is 27.5. The molecule has 118 valence electrons. The van der Waals surface area contributed by atoms with Gasteiger partial charge in [0.1, 0.15) is 5.69 Å². The Bertz CT molecular complexity index is 523. The minimum Gasteiger partial charge on any atom is -0.377 e. The molecular formula is C16H21N3O3. The number of carbonyl (C=O) groups is 1. The van der Waals surface area contributed by atoms with Gasteiger partial charge in [-0.15, -0.1) is 6.58 Å². The maximum absolute atomic E-state index is 12.6. The van der Waals surface area contributed by atoms with Crippen molar-refractivity contribution >= 4 is 5.91 Å². The molecule has 22 heavy (non-hydrogen) atoms. The monoisotopic (exact) mass is 303 g/mol. The minimum absolute atomic E-state index is 0.0548. The van der Waals surface area contributed by atoms with Crippen molar-refractivity contribution in [3.05, 3.63) is 36.9 Å². The lowest BCUT2D eigenvalue weighted by molar-refractivity contribution is -0.0739. The van der Waals surface area contributed by atoms with E-state index < -0.39 is 0 Å². The average Bonchev–Trinajstić information content (AvgIpc) is 2.98. The Labute approximate surface area is 130 Å². The summed E-state index contributed by atoms with van der Waals surface area (Å²) in [5.41, 5.74) is 0.398. The molecule has 1 saturated heterocycles. The quantitative estimate of drug-likeness (QED) is 0.606. The summed E-state index contributed by atoms with van der Waals surface area (Å²) in [4.78, 5) is 22.6. The molecule has 1 saturated carbocycles. The van der Waals surface area contributed by atoms with E-state index in [0.717, 1.165) is 12.8 Å². The van der Waals surface area contributed by atoms with Crippen molar-refractivity contribution in [2.45, 2.75) is 25.0 Å². The minimum atomic E-state index is -0.0564. The van der Waals surface area contributed by atoms with Crippen LogP contribution in [0.25, 0.3) is 0 Å². The topological polar surface area (TPSA) is 64.6 Å². The van der Waals surface area contributed by atoms with E-state index in [9.17, 15) is 4.79 Å². The highest BCUT2D eigenvalue weighted by atomic mass is 16.5. The number of ether oxygens (including phenoxy) is 2. The van der Waals surface area contributed by atoms with E-state index in [1.807, 2.05) is 4.90 Å². The van der Waals surface area contributed by atoms with E-state index in [1.165, 1.54) is 6.20 Å². The SMILES string of the molecule is C=CCOCC1CCC2C1OCCN2C(=O)c1cnccn1. The van der Waals surface area contributed by atoms with Gasteiger partial charge in [0.2, 0.25) is 0 Å². The molecule has 0 N–H and O–H groups in total. The highest BCUT2D eigenvalue weighted by Crippen LogP contribution is 2.35. The smallest absolute Gasteiger partial charge is 0.274 e. The van der Waals surface area contributed by atoms with Crippen molar-refractivity contribution in [2.75, 3.05) is 26.4 Å². The molecule has 6 nitrogen and oxygen atoms in total. The van der Waals surface area contributed by atoms with Crippen LogP contribution in [0.15, 0.2) is 31.2 Å². The molecule has 2 heterocycles. The number of aromatic nitrogens is 2. The Morgan fingerprint density at radius 2 is 2.41 bits per heavy atom. The Morgan fingerprint density at radius 1 is 1.50 bits per heavy atom. The van der Waals surface area contributed by atoms with Gasteiger partial charge in [-0.25, -0.2) is 4.98 Å². The third-order valence-electron chi connectivity index (χ3n) is 4.33. The summed E-state index contributed by atoms with van der Waals surface area (Å²) >= 11 is 0. The van der Waals surface area contributed by atoms with Crippen molar-refractivity contribution in [3.8, 4) is 0 Å². The van der Waals surface area contributed by atoms with Crippen LogP contribution in [0.3, 0.4) is 0 Å². The number of nitrogens with zero attached hydrogens (tertiary/aromatic N) is 3. The summed E-state index contributed by atoms with van der Waals surface area (Å²) in [5.74, 6) is 0.279. The van der Waals surface area contributed by atoms with Gasteiger partial charge < -0.3 is 14.4 Å². The first-order valence-corrected chi connectivity index (χ1v) is 7.68. The van der Waals surface area contributed by atoms with Gasteiger partial charge >= 0.3 is 0 Å². The van der Waals surface area contributed by atoms with E-state index in [4.69, 9.17) is 9.47 Å². The molecule has 2 fully saturated rings. The van der Waals surface area contributed by atoms with Crippen LogP contribution in [0.4, 0.5) is 0 Å². The third kappa shape index (κ3) is 3.03. The fourth-order valence-corrected chi connectivity index (χ4v) is 3.35. The van der Waals surface area contributed by atoms with E-state index in [-0.39, 0.29) is 18.1 Å². The molecule has 3 unspecified atom stereocenters. The predicted octanol–water partition coefficient (Wildman–Crippen LogP) is 1.30. The highest BCUT2D eigenvalue weighted by Gasteiger charge is 2.44. The summed E-state index contributed by atoms with van der Waals surface area (Å²) in [6, 6.07) is 0.112. The lowest BCUT2D eigenvalue weighted by atomic mass is 10.0. The first-order valence-electron chi connectivity index (χ1n) is 7.68. The number of hydrogen-bond donors (Lipinski definition) is 0. The van der Waals surface area contributed by atoms with Crippen LogP contribution in [0.2, 0.25) is 0 Å². The number of amides is 1. The second-order valence-electron chi connectivity index (χ2n) is 5.66. The van der Waals surface area contributed by atoms with Gasteiger partial charge in [0.05, 0.1) is 38.2 Å². The van der Waals surface area contributed by atoms with Crippen molar-refractivity contribution in [1.29, 1.82) is 0 Å². The van der Waals surface area contributed by atoms with Crippen LogP contribution in [-0.2, 0) is 9.47 Å². The van der Waals surface area contributed by atoms with Gasteiger partial charge in [0, 0.05) is 24.9 Å². The molecule has 3 atom stereocenters. The number of rotatable bonds is 5. The van der Waals surface area contributed by atoms with Crippen LogP contribution in [0.5, 0.6) is 0 Å². The molecule has 1 aromatic rings. The van der Waals surface area contributed by atoms with Gasteiger partial charge in [0.25, 0.3) is 5.91 Å². The molecular weight excluding hydrogens is 282 g/mol. The molecule has 1 amide bonds. The van der Waals surface area contributed by atoms with Crippen LogP contribution in [0, 0.1) is 5.92 Å². The molecule has 0 spiro atoms. The van der Waals surface area contributed by atoms with Gasteiger partial charge in [0.15, 0.2) is 0 Å². The molecule has 0 radical (unpaired) electrons. The largest absolute Gasteiger partial charge is 0.377 e. The summed E-state index contributed by atoms with van der Waals surface area (Å²) in [6.45, 7) is 6.03. The first-order chi connectivity index (χ1) is 10.8. The van der Waals surface area contributed by atoms with Gasteiger partial charge in [-0.05, 0) is 12.8 Å². The maximum Gasteiger partial charge on any atom is 0.274 e. The second-order valence-corrected chi connectivity index (χ2v) is 5.66. The zero-order valence-corrected chi connectivity index (χ0v) is 12.6. The fraction of sp³-hybridized carbons (Fsp3) is 0.562. The summed E-state index contributed by atoms with van der Waals surface area (Å²) in [6.07, 6.45) is 8.40. The second kappa shape index (κ2) is 6.98. The number of morpholine rings is 1. The van der Waals surface area contributed by atoms with E-state index >= 15 is 0 Å². The summed E-state index contributed by atoms with van der Waals surface area (Å²) in [5, 5.41) is 0. The van der Waals surface area contributed by atoms with Crippen molar-refractivity contribution in [3.63, 3.8) is 0 Å². The Morgan fingerprint density at radius 3 is 3.18 bits per heavy atom. The molecule has 1 aromatic heterocycles. The van der Waals surface area contributed by atoms with Crippen LogP contribution in [-0.4, -0.2) is 59.3 Å². The molecule has 1 aliphatic heterocycles. The van der Waals surface area contributed by atoms with Gasteiger partial charge in [-0.2, -0.15) is 0 Å². The van der Waals surface area contributed by atoms with Gasteiger partial charge in [-0.1, -0.05) is 6.08 Å². The van der Waals surface area contributed by atoms with Crippen LogP contribution in [0.1, 0.15) is 23.3 Å². The molecule has 2 aliphatic rings. The average molecular weight is 303 g/mol. The summed E-state index contributed by atoms with van der Waals surface area (Å²) < 4.78 is 11.5. The van der Waals surface area contributed by atoms with E-state index in [2.05, 4.69) is 16.5 Å². The fourth-order valence-electron chi connectivity index (χ4n) is 3.35. The van der Waals surface area contributed by atoms with Crippen molar-refractivity contribution in [2.24, 2.45) is 5.92 Å². The number of hydrogen-bond acceptors (Lipinski definition) is 5. The molecule has 1 aliphatic carbocycles. The standard InChI is InChI=1S/C16H21N3O3/c1-2-8-21-11-12-3-4-14-15(12)22-9-7-19(14)16(20)13-10-17-5-6-18-13/h2,5-6,10,12,14-15H,1,3-4,7-9,11H2. The predicted molar refractivity (Wildman–Crippen MR) is 80.3 cm³/mol. The maximum atomic E-state index is 12.6. The van der Waals surface area contributed by atoms with Gasteiger partial charge in [-0.3, -0.25) is 9.78 Å².